The minimum Gasteiger partial charge on any atom is -0.455 e. The van der Waals surface area contributed by atoms with Gasteiger partial charge in [0.1, 0.15) is 22.3 Å². The number of aromatic nitrogens is 5. The number of hydrogen-bond donors (Lipinski definition) is 0. The van der Waals surface area contributed by atoms with Crippen LogP contribution < -0.4 is 0 Å². The van der Waals surface area contributed by atoms with Crippen molar-refractivity contribution < 1.29 is 29.4 Å². The number of fused-ring (bicyclic) bond motifs is 14. The van der Waals surface area contributed by atoms with Gasteiger partial charge in [-0.3, -0.25) is 0 Å². The van der Waals surface area contributed by atoms with Crippen molar-refractivity contribution in [3.05, 3.63) is 278 Å². The molecule has 8 heteroatoms. The molecule has 0 bridgehead atoms. The Morgan fingerprint density at radius 1 is 0.357 bits per heavy atom. The average Bonchev–Trinajstić information content (AvgIpc) is 1.58. The second-order valence-electron chi connectivity index (χ2n) is 20.2. The van der Waals surface area contributed by atoms with Crippen molar-refractivity contribution in [2.45, 2.75) is 0 Å². The first-order chi connectivity index (χ1) is 47.8. The van der Waals surface area contributed by atoms with Crippen LogP contribution in [0.2, 0.25) is 0 Å². The van der Waals surface area contributed by atoms with Crippen molar-refractivity contribution in [2.75, 3.05) is 0 Å². The van der Waals surface area contributed by atoms with Crippen LogP contribution in [0.3, 0.4) is 0 Å². The molecule has 17 aromatic rings. The van der Waals surface area contributed by atoms with E-state index in [-0.39, 0.29) is 73.5 Å². The normalized spacial score (nSPS) is 14.3. The topological polar surface area (TPSA) is 79.2 Å². The molecule has 0 saturated carbocycles. The van der Waals surface area contributed by atoms with Gasteiger partial charge in [0.05, 0.1) is 71.3 Å². The van der Waals surface area contributed by atoms with Crippen molar-refractivity contribution >= 4 is 93.2 Å². The van der Waals surface area contributed by atoms with E-state index in [4.69, 9.17) is 36.1 Å². The fourth-order valence-electron chi connectivity index (χ4n) is 12.1. The van der Waals surface area contributed by atoms with E-state index in [1.807, 2.05) is 130 Å². The number of nitrogens with zero attached hydrogens (tertiary/aromatic N) is 6. The summed E-state index contributed by atoms with van der Waals surface area (Å²) in [6.45, 7) is 9.61. The van der Waals surface area contributed by atoms with Gasteiger partial charge in [-0.15, -0.1) is 0 Å². The van der Waals surface area contributed by atoms with Gasteiger partial charge in [-0.05, 0) is 94.5 Å². The van der Waals surface area contributed by atoms with Crippen LogP contribution in [0.4, 0.5) is 5.69 Å². The molecule has 5 aromatic heterocycles. The second-order valence-corrected chi connectivity index (χ2v) is 20.2. The zero-order valence-electron chi connectivity index (χ0n) is 58.7. The highest BCUT2D eigenvalue weighted by Gasteiger charge is 2.31. The summed E-state index contributed by atoms with van der Waals surface area (Å²) in [4.78, 5) is 19.9. The van der Waals surface area contributed by atoms with E-state index in [9.17, 15) is 14.8 Å². The summed E-state index contributed by atoms with van der Waals surface area (Å²) in [6.07, 6.45) is 0. The summed E-state index contributed by atoms with van der Waals surface area (Å²) in [5.41, 5.74) is 5.02. The Labute approximate surface area is 501 Å². The highest BCUT2D eigenvalue weighted by atomic mass is 16.3. The van der Waals surface area contributed by atoms with Crippen LogP contribution in [0.15, 0.2) is 275 Å². The monoisotopic (exact) mass is 1090 g/mol. The lowest BCUT2D eigenvalue weighted by Crippen LogP contribution is -2.09. The third-order valence-corrected chi connectivity index (χ3v) is 15.6. The Morgan fingerprint density at radius 2 is 0.833 bits per heavy atom. The highest BCUT2D eigenvalue weighted by molar-refractivity contribution is 6.27. The largest absolute Gasteiger partial charge is 0.455 e. The molecule has 0 spiro atoms. The summed E-state index contributed by atoms with van der Waals surface area (Å²) in [6, 6.07) is 44.4. The standard InChI is InChI=1S/C76H44N6O2/c1-77-60-45-59(76-79-74(49-27-13-5-14-28-49)78-75(80-76)50-29-15-6-16-30-50)67(48-25-11-4-12-26-48)71(82-61-33-19-17-32-56(61)68-63(82)40-37-54-53-31-18-20-34-65(53)83-72(54)68)70(60)81-62-39-35-51(46-21-7-2-8-22-46)44-58(62)69-64(81)41-38-55-57-43-52(47-23-9-3-10-24-47)36-42-66(57)84-73(55)69/h2-45H/i2D,3D,4D,7D,8D,9D,10D,11D,12D,21D,22D,23D,24D,25D,26D. The molecular formula is C76H44N6O2. The molecule has 0 fully saturated rings. The molecule has 390 valence electrons. The van der Waals surface area contributed by atoms with Crippen molar-refractivity contribution in [1.29, 1.82) is 0 Å². The zero-order chi connectivity index (χ0) is 68.5. The molecule has 0 aliphatic rings. The molecule has 84 heavy (non-hydrogen) atoms. The average molecular weight is 1090 g/mol. The SMILES string of the molecule is [2H]c1c([2H])c([2H])c(-c2ccc3oc4c(ccc5c4c4cc(-c6c([2H])c([2H])c([2H])c([2H])c6[2H])ccc4n5-c4c([N+]#[C-])cc(-c5nc(-c6ccccc6)nc(-c6ccccc6)n5)c(-c5c([2H])c([2H])c([2H])c([2H])c5[2H])c4-n4c5ccccc5c5c6oc7ccccc7c6ccc54)c3c2)c([2H])c1[2H]. The zero-order valence-corrected chi connectivity index (χ0v) is 43.7. The number of furan rings is 2. The van der Waals surface area contributed by atoms with Crippen LogP contribution in [-0.2, 0) is 0 Å². The van der Waals surface area contributed by atoms with E-state index in [1.165, 1.54) is 0 Å². The van der Waals surface area contributed by atoms with Crippen LogP contribution in [-0.4, -0.2) is 24.1 Å². The van der Waals surface area contributed by atoms with Crippen LogP contribution in [0.25, 0.3) is 171 Å². The molecule has 0 radical (unpaired) electrons. The molecule has 0 amide bonds. The minimum atomic E-state index is -0.663. The fraction of sp³-hybridized carbons (Fsp3) is 0. The third kappa shape index (κ3) is 7.23. The smallest absolute Gasteiger partial charge is 0.213 e. The first-order valence-corrected chi connectivity index (χ1v) is 26.8. The molecule has 0 atom stereocenters. The Bertz CT molecular complexity index is 6370. The molecule has 0 N–H and O–H groups in total. The summed E-state index contributed by atoms with van der Waals surface area (Å²) >= 11 is 0. The molecule has 8 nitrogen and oxygen atoms in total. The number of benzene rings is 12. The molecule has 0 unspecified atom stereocenters. The van der Waals surface area contributed by atoms with E-state index in [0.29, 0.717) is 87.8 Å². The second kappa shape index (κ2) is 18.7. The molecule has 0 saturated heterocycles. The van der Waals surface area contributed by atoms with Gasteiger partial charge in [0, 0.05) is 54.6 Å². The van der Waals surface area contributed by atoms with Crippen molar-refractivity contribution in [2.24, 2.45) is 0 Å². The van der Waals surface area contributed by atoms with Gasteiger partial charge in [-0.2, -0.15) is 0 Å². The maximum Gasteiger partial charge on any atom is 0.213 e. The Morgan fingerprint density at radius 3 is 1.46 bits per heavy atom. The van der Waals surface area contributed by atoms with Crippen LogP contribution in [0, 0.1) is 6.57 Å². The van der Waals surface area contributed by atoms with E-state index in [2.05, 4.69) is 4.85 Å². The van der Waals surface area contributed by atoms with Crippen molar-refractivity contribution in [3.8, 4) is 78.9 Å². The summed E-state index contributed by atoms with van der Waals surface area (Å²) in [5, 5.41) is 4.71. The maximum atomic E-state index is 10.1. The van der Waals surface area contributed by atoms with E-state index in [0.717, 1.165) is 10.8 Å². The summed E-state index contributed by atoms with van der Waals surface area (Å²) in [7, 11) is 0. The predicted octanol–water partition coefficient (Wildman–Crippen LogP) is 20.4. The molecule has 5 heterocycles. The number of rotatable bonds is 8. The third-order valence-electron chi connectivity index (χ3n) is 15.6. The molecule has 0 aliphatic carbocycles. The van der Waals surface area contributed by atoms with Gasteiger partial charge in [-0.1, -0.05) is 200 Å². The van der Waals surface area contributed by atoms with Gasteiger partial charge < -0.3 is 18.0 Å². The van der Waals surface area contributed by atoms with Gasteiger partial charge >= 0.3 is 0 Å². The van der Waals surface area contributed by atoms with Gasteiger partial charge in [0.15, 0.2) is 17.5 Å². The van der Waals surface area contributed by atoms with Crippen LogP contribution in [0.1, 0.15) is 20.6 Å². The molecular weight excluding hydrogens is 1030 g/mol. The molecule has 0 aliphatic heterocycles. The Hall–Kier alpha value is -11.7. The number of hydrogen-bond acceptors (Lipinski definition) is 5. The predicted molar refractivity (Wildman–Crippen MR) is 342 cm³/mol. The molecule has 17 rings (SSSR count). The Balaban J connectivity index is 1.10. The highest BCUT2D eigenvalue weighted by Crippen LogP contribution is 2.52. The minimum absolute atomic E-state index is 0.00160. The van der Waals surface area contributed by atoms with Gasteiger partial charge in [0.2, 0.25) is 5.69 Å². The van der Waals surface area contributed by atoms with Gasteiger partial charge in [0.25, 0.3) is 0 Å². The van der Waals surface area contributed by atoms with Crippen LogP contribution >= 0.6 is 0 Å². The van der Waals surface area contributed by atoms with E-state index in [1.54, 1.807) is 54.6 Å². The Kier molecular flexibility index (Phi) is 7.68. The van der Waals surface area contributed by atoms with Crippen LogP contribution in [0.5, 0.6) is 0 Å². The lowest BCUT2D eigenvalue weighted by Gasteiger charge is -2.25. The quantitative estimate of drug-likeness (QED) is 0.142. The van der Waals surface area contributed by atoms with Crippen molar-refractivity contribution in [1.82, 2.24) is 24.1 Å². The lowest BCUT2D eigenvalue weighted by molar-refractivity contribution is 0.672. The van der Waals surface area contributed by atoms with Gasteiger partial charge in [-0.25, -0.2) is 19.8 Å². The van der Waals surface area contributed by atoms with E-state index < -0.39 is 90.6 Å². The number of para-hydroxylation sites is 2. The fourth-order valence-corrected chi connectivity index (χ4v) is 12.1. The first-order valence-electron chi connectivity index (χ1n) is 34.3. The lowest BCUT2D eigenvalue weighted by atomic mass is 9.93. The maximum absolute atomic E-state index is 10.1. The van der Waals surface area contributed by atoms with Crippen molar-refractivity contribution in [3.63, 3.8) is 0 Å². The summed E-state index contributed by atoms with van der Waals surface area (Å²) in [5.74, 6) is 0.413. The molecule has 12 aromatic carbocycles. The summed E-state index contributed by atoms with van der Waals surface area (Å²) < 4.78 is 154. The first kappa shape index (κ1) is 34.5. The van der Waals surface area contributed by atoms with E-state index >= 15 is 0 Å².